The first-order chi connectivity index (χ1) is 2.41. The zero-order valence-electron chi connectivity index (χ0n) is 2.64. The van der Waals surface area contributed by atoms with Gasteiger partial charge in [0, 0.05) is 0 Å². The van der Waals surface area contributed by atoms with Crippen LogP contribution in [0.15, 0.2) is 0 Å². The van der Waals surface area contributed by atoms with Gasteiger partial charge in [0.15, 0.2) is 0 Å². The van der Waals surface area contributed by atoms with Gasteiger partial charge < -0.3 is 0 Å². The van der Waals surface area contributed by atoms with E-state index >= 15 is 0 Å². The topological polar surface area (TPSA) is 0 Å². The van der Waals surface area contributed by atoms with E-state index in [9.17, 15) is 0 Å². The Morgan fingerprint density at radius 2 is 2.40 bits per heavy atom. The normalized spacial score (nSPS) is 8.40. The fraction of sp³-hybridized carbons (Fsp3) is 1.00. The third kappa shape index (κ3) is 5.56. The van der Waals surface area contributed by atoms with E-state index in [1.165, 1.54) is 10.6 Å². The first kappa shape index (κ1) is 6.56. The molecule has 0 bridgehead atoms. The molecule has 0 aromatic rings. The molecule has 1 radical (unpaired) electrons. The zero-order chi connectivity index (χ0) is 4.12. The van der Waals surface area contributed by atoms with Crippen molar-refractivity contribution in [3.8, 4) is 0 Å². The van der Waals surface area contributed by atoms with E-state index in [4.69, 9.17) is 0 Å². The van der Waals surface area contributed by atoms with Crippen molar-refractivity contribution in [1.29, 1.82) is 0 Å². The predicted octanol–water partition coefficient (Wildman–Crippen LogP) is -0.221. The van der Waals surface area contributed by atoms with Crippen molar-refractivity contribution in [3.63, 3.8) is 0 Å². The summed E-state index contributed by atoms with van der Waals surface area (Å²) in [6.45, 7) is 0. The molecule has 0 aromatic carbocycles. The van der Waals surface area contributed by atoms with Gasteiger partial charge in [-0.1, -0.05) is 0 Å². The van der Waals surface area contributed by atoms with Crippen molar-refractivity contribution in [3.05, 3.63) is 0 Å². The quantitative estimate of drug-likeness (QED) is 0.605. The zero-order valence-corrected chi connectivity index (χ0v) is 7.78. The Bertz CT molecular complexity index is 12.4. The summed E-state index contributed by atoms with van der Waals surface area (Å²) in [6, 6.07) is 0. The minimum absolute atomic E-state index is 0.769. The molecular weight excluding hydrogens is 261 g/mol. The van der Waals surface area contributed by atoms with Gasteiger partial charge in [-0.25, -0.2) is 0 Å². The second kappa shape index (κ2) is 5.56. The Morgan fingerprint density at radius 3 is 2.40 bits per heavy atom. The maximum atomic E-state index is 2.99. The Kier molecular flexibility index (Phi) is 7.29. The first-order valence-electron chi connectivity index (χ1n) is 1.24. The van der Waals surface area contributed by atoms with E-state index in [2.05, 4.69) is 30.2 Å². The van der Waals surface area contributed by atoms with Crippen molar-refractivity contribution >= 4 is 43.3 Å². The predicted molar refractivity (Wildman–Crippen MR) is 26.9 cm³/mol. The van der Waals surface area contributed by atoms with Crippen molar-refractivity contribution in [1.82, 2.24) is 0 Å². The van der Waals surface area contributed by atoms with Gasteiger partial charge in [0.2, 0.25) is 0 Å². The average Bonchev–Trinajstić information content (AvgIpc) is 1.41. The molecule has 0 aliphatic rings. The molecule has 0 amide bonds. The van der Waals surface area contributed by atoms with Gasteiger partial charge >= 0.3 is 54.0 Å². The average molecular weight is 265 g/mol. The van der Waals surface area contributed by atoms with Crippen LogP contribution in [0, 0.1) is 0 Å². The van der Waals surface area contributed by atoms with Crippen LogP contribution in [0.2, 0.25) is 10.6 Å². The second-order valence-electron chi connectivity index (χ2n) is 0.526. The molecule has 0 aromatic heterocycles. The van der Waals surface area contributed by atoms with Gasteiger partial charge in [-0.2, -0.15) is 0 Å². The van der Waals surface area contributed by atoms with Crippen molar-refractivity contribution < 1.29 is 0 Å². The van der Waals surface area contributed by atoms with Crippen LogP contribution >= 0.6 is 0 Å². The summed E-state index contributed by atoms with van der Waals surface area (Å²) in [5.74, 6) is 0. The van der Waals surface area contributed by atoms with Crippen LogP contribution in [0.25, 0.3) is 0 Å². The molecule has 31 valence electrons. The van der Waals surface area contributed by atoms with Gasteiger partial charge in [0.25, 0.3) is 0 Å². The molecule has 0 atom stereocenters. The van der Waals surface area contributed by atoms with E-state index in [0.29, 0.717) is 0 Å². The fourth-order valence-electron chi connectivity index (χ4n) is 0.0340. The van der Waals surface area contributed by atoms with E-state index in [1.54, 1.807) is 0 Å². The number of hydrogen-bond acceptors (Lipinski definition) is 0. The molecule has 3 heteroatoms. The van der Waals surface area contributed by atoms with Crippen molar-refractivity contribution in [2.45, 2.75) is 10.6 Å². The summed E-state index contributed by atoms with van der Waals surface area (Å²) in [7, 11) is 0. The van der Waals surface area contributed by atoms with Crippen LogP contribution < -0.4 is 0 Å². The summed E-state index contributed by atoms with van der Waals surface area (Å²) in [6.07, 6.45) is 0. The van der Waals surface area contributed by atoms with Crippen LogP contribution in [0.5, 0.6) is 0 Å². The monoisotopic (exact) mass is 268 g/mol. The molecule has 0 N–H and O–H groups in total. The summed E-state index contributed by atoms with van der Waals surface area (Å²) in [5, 5.41) is 2.56. The van der Waals surface area contributed by atoms with Crippen LogP contribution in [0.1, 0.15) is 0 Å². The summed E-state index contributed by atoms with van der Waals surface area (Å²) >= 11 is 6.69. The molecular formula is C2H4Se3-. The fourth-order valence-corrected chi connectivity index (χ4v) is 4.77. The molecule has 0 aliphatic carbocycles. The summed E-state index contributed by atoms with van der Waals surface area (Å²) in [5.41, 5.74) is 0. The van der Waals surface area contributed by atoms with Gasteiger partial charge in [0.1, 0.15) is 0 Å². The molecule has 0 spiro atoms. The molecule has 5 heavy (non-hydrogen) atoms. The van der Waals surface area contributed by atoms with Crippen LogP contribution in [-0.4, -0.2) is 43.3 Å². The molecule has 0 heterocycles. The number of hydrogen-bond donors (Lipinski definition) is 0. The second-order valence-corrected chi connectivity index (χ2v) is 5.30. The first-order valence-corrected chi connectivity index (χ1v) is 8.00. The van der Waals surface area contributed by atoms with E-state index in [-0.39, 0.29) is 0 Å². The standard InChI is InChI=1S/C2H5Se3/c3-1-2-5-4/h3H,1-2H2/p-1. The van der Waals surface area contributed by atoms with Gasteiger partial charge in [-0.15, -0.1) is 0 Å². The van der Waals surface area contributed by atoms with E-state index in [1.807, 2.05) is 0 Å². The van der Waals surface area contributed by atoms with E-state index < -0.39 is 0 Å². The van der Waals surface area contributed by atoms with Crippen LogP contribution in [0.4, 0.5) is 0 Å². The summed E-state index contributed by atoms with van der Waals surface area (Å²) in [4.78, 5) is 0. The Balaban J connectivity index is 2.19. The van der Waals surface area contributed by atoms with Gasteiger partial charge in [-0.3, -0.25) is 0 Å². The number of rotatable bonds is 2. The maximum absolute atomic E-state index is 2.99. The Labute approximate surface area is 53.8 Å². The molecule has 0 nitrogen and oxygen atoms in total. The van der Waals surface area contributed by atoms with E-state index in [0.717, 1.165) is 13.1 Å². The third-order valence-corrected chi connectivity index (χ3v) is 4.50. The SMILES string of the molecule is [Se][Se]CC[Se-]. The molecule has 0 saturated carbocycles. The van der Waals surface area contributed by atoms with Crippen LogP contribution in [0.3, 0.4) is 0 Å². The Morgan fingerprint density at radius 1 is 1.80 bits per heavy atom. The molecule has 0 unspecified atom stereocenters. The van der Waals surface area contributed by atoms with Gasteiger partial charge in [0.05, 0.1) is 0 Å². The third-order valence-electron chi connectivity index (χ3n) is 0.167. The Hall–Kier alpha value is 1.56. The van der Waals surface area contributed by atoms with Crippen LogP contribution in [-0.2, 0) is 0 Å². The van der Waals surface area contributed by atoms with Crippen molar-refractivity contribution in [2.24, 2.45) is 0 Å². The molecule has 0 saturated heterocycles. The summed E-state index contributed by atoms with van der Waals surface area (Å²) < 4.78 is 0. The van der Waals surface area contributed by atoms with Crippen molar-refractivity contribution in [2.75, 3.05) is 0 Å². The molecule has 0 rings (SSSR count). The van der Waals surface area contributed by atoms with Gasteiger partial charge in [-0.05, 0) is 0 Å². The molecule has 0 fully saturated rings. The molecule has 0 aliphatic heterocycles. The minimum atomic E-state index is 0.769.